The number of H-pyrrole nitrogens is 1. The molecule has 0 radical (unpaired) electrons. The third kappa shape index (κ3) is 4.58. The van der Waals surface area contributed by atoms with E-state index < -0.39 is 23.6 Å². The number of likely N-dealkylation sites (tertiary alicyclic amines) is 1. The van der Waals surface area contributed by atoms with Crippen LogP contribution in [0.4, 0.5) is 13.2 Å². The third-order valence-corrected chi connectivity index (χ3v) is 6.29. The number of nitrogens with zero attached hydrogens (tertiary/aromatic N) is 2. The summed E-state index contributed by atoms with van der Waals surface area (Å²) < 4.78 is 47.0. The fourth-order valence-electron chi connectivity index (χ4n) is 3.69. The summed E-state index contributed by atoms with van der Waals surface area (Å²) in [7, 11) is 1.27. The lowest BCUT2D eigenvalue weighted by atomic mass is 10.1. The highest BCUT2D eigenvalue weighted by molar-refractivity contribution is 7.13. The molecule has 1 aromatic carbocycles. The van der Waals surface area contributed by atoms with Gasteiger partial charge < -0.3 is 15.5 Å². The zero-order valence-electron chi connectivity index (χ0n) is 17.3. The molecule has 0 spiro atoms. The Bertz CT molecular complexity index is 1160. The number of ether oxygens (including phenoxy) is 1. The van der Waals surface area contributed by atoms with Gasteiger partial charge in [0, 0.05) is 29.9 Å². The Hall–Kier alpha value is -3.05. The van der Waals surface area contributed by atoms with Crippen LogP contribution in [0.2, 0.25) is 0 Å². The highest BCUT2D eigenvalue weighted by atomic mass is 32.1. The number of benzene rings is 1. The molecule has 7 nitrogen and oxygen atoms in total. The number of fused-ring (bicyclic) bond motifs is 1. The summed E-state index contributed by atoms with van der Waals surface area (Å²) in [4.78, 5) is 19.3. The second kappa shape index (κ2) is 8.47. The van der Waals surface area contributed by atoms with Crippen molar-refractivity contribution in [3.8, 4) is 10.8 Å². The normalized spacial score (nSPS) is 14.8. The summed E-state index contributed by atoms with van der Waals surface area (Å²) in [5, 5.41) is 7.69. The zero-order valence-corrected chi connectivity index (χ0v) is 18.1. The van der Waals surface area contributed by atoms with E-state index in [4.69, 9.17) is 15.9 Å². The van der Waals surface area contributed by atoms with Crippen molar-refractivity contribution >= 4 is 34.1 Å². The maximum absolute atomic E-state index is 13.7. The lowest BCUT2D eigenvalue weighted by Crippen LogP contribution is -2.38. The van der Waals surface area contributed by atoms with Crippen LogP contribution in [-0.4, -0.2) is 46.8 Å². The summed E-state index contributed by atoms with van der Waals surface area (Å²) in [6, 6.07) is 7.14. The van der Waals surface area contributed by atoms with E-state index in [1.807, 2.05) is 6.07 Å². The number of halogens is 3. The number of thiophene rings is 1. The predicted octanol–water partition coefficient (Wildman–Crippen LogP) is 4.60. The molecule has 3 aromatic rings. The quantitative estimate of drug-likeness (QED) is 0.379. The van der Waals surface area contributed by atoms with E-state index in [-0.39, 0.29) is 22.3 Å². The molecule has 1 aliphatic rings. The number of nitrogens with two attached hydrogens (primary N) is 1. The lowest BCUT2D eigenvalue weighted by molar-refractivity contribution is -0.136. The van der Waals surface area contributed by atoms with Crippen LogP contribution in [0.1, 0.15) is 33.8 Å². The van der Waals surface area contributed by atoms with Crippen LogP contribution in [0, 0.1) is 5.41 Å². The number of nitrogens with one attached hydrogen (secondary N) is 2. The highest BCUT2D eigenvalue weighted by Gasteiger charge is 2.34. The van der Waals surface area contributed by atoms with Gasteiger partial charge in [-0.05, 0) is 50.2 Å². The van der Waals surface area contributed by atoms with Gasteiger partial charge in [0.25, 0.3) is 5.91 Å². The average Bonchev–Trinajstić information content (AvgIpc) is 3.47. The molecule has 0 bridgehead atoms. The SMILES string of the molecule is CN(C(=N)N)C(=O)c1cc2c(C(F)(F)F)cc(Oc3ccc(CN4CCCC4)s3)cc2[nH]1. The van der Waals surface area contributed by atoms with Crippen LogP contribution < -0.4 is 10.5 Å². The number of hydrogen-bond acceptors (Lipinski definition) is 5. The van der Waals surface area contributed by atoms with E-state index in [1.165, 1.54) is 37.3 Å². The Labute approximate surface area is 186 Å². The van der Waals surface area contributed by atoms with E-state index in [2.05, 4.69) is 9.88 Å². The molecule has 1 saturated heterocycles. The molecule has 3 heterocycles. The summed E-state index contributed by atoms with van der Waals surface area (Å²) >= 11 is 1.40. The van der Waals surface area contributed by atoms with Crippen LogP contribution in [0.25, 0.3) is 10.9 Å². The molecule has 170 valence electrons. The summed E-state index contributed by atoms with van der Waals surface area (Å²) in [6.07, 6.45) is -2.29. The zero-order chi connectivity index (χ0) is 23.0. The third-order valence-electron chi connectivity index (χ3n) is 5.35. The first kappa shape index (κ1) is 22.2. The second-order valence-electron chi connectivity index (χ2n) is 7.67. The molecule has 0 saturated carbocycles. The van der Waals surface area contributed by atoms with Crippen LogP contribution in [-0.2, 0) is 12.7 Å². The number of aromatic nitrogens is 1. The van der Waals surface area contributed by atoms with Gasteiger partial charge in [0.1, 0.15) is 11.4 Å². The molecular formula is C21H22F3N5O2S. The number of aromatic amines is 1. The first-order valence-electron chi connectivity index (χ1n) is 9.97. The fraction of sp³-hybridized carbons (Fsp3) is 0.333. The topological polar surface area (TPSA) is 98.4 Å². The van der Waals surface area contributed by atoms with Crippen LogP contribution in [0.5, 0.6) is 10.8 Å². The molecular weight excluding hydrogens is 443 g/mol. The molecule has 1 aliphatic heterocycles. The minimum absolute atomic E-state index is 0.0140. The predicted molar refractivity (Wildman–Crippen MR) is 116 cm³/mol. The minimum atomic E-state index is -4.65. The van der Waals surface area contributed by atoms with Gasteiger partial charge in [-0.15, -0.1) is 11.3 Å². The van der Waals surface area contributed by atoms with Crippen molar-refractivity contribution in [2.24, 2.45) is 5.73 Å². The van der Waals surface area contributed by atoms with Crippen molar-refractivity contribution in [1.29, 1.82) is 5.41 Å². The van der Waals surface area contributed by atoms with E-state index >= 15 is 0 Å². The molecule has 11 heteroatoms. The standard InChI is InChI=1S/C21H22F3N5O2S/c1-28(20(25)26)19(30)17-10-14-15(21(22,23)24)8-12(9-16(14)27-17)31-18-5-4-13(32-18)11-29-6-2-3-7-29/h4-5,8-10,27H,2-3,6-7,11H2,1H3,(H3,25,26). The summed E-state index contributed by atoms with van der Waals surface area (Å²) in [6.45, 7) is 2.89. The monoisotopic (exact) mass is 465 g/mol. The Kier molecular flexibility index (Phi) is 5.87. The van der Waals surface area contributed by atoms with Crippen LogP contribution in [0.3, 0.4) is 0 Å². The van der Waals surface area contributed by atoms with E-state index in [1.54, 1.807) is 6.07 Å². The molecule has 4 rings (SSSR count). The minimum Gasteiger partial charge on any atom is -0.447 e. The Morgan fingerprint density at radius 2 is 2.00 bits per heavy atom. The number of guanidine groups is 1. The molecule has 0 atom stereocenters. The van der Waals surface area contributed by atoms with Crippen molar-refractivity contribution < 1.29 is 22.7 Å². The number of amides is 1. The molecule has 0 aliphatic carbocycles. The molecule has 0 unspecified atom stereocenters. The Morgan fingerprint density at radius 1 is 1.28 bits per heavy atom. The number of alkyl halides is 3. The van der Waals surface area contributed by atoms with Crippen molar-refractivity contribution in [2.75, 3.05) is 20.1 Å². The van der Waals surface area contributed by atoms with Gasteiger partial charge in [-0.2, -0.15) is 13.2 Å². The van der Waals surface area contributed by atoms with Gasteiger partial charge in [0.15, 0.2) is 11.0 Å². The summed E-state index contributed by atoms with van der Waals surface area (Å²) in [5.41, 5.74) is 4.38. The van der Waals surface area contributed by atoms with E-state index in [0.717, 1.165) is 41.5 Å². The van der Waals surface area contributed by atoms with Gasteiger partial charge >= 0.3 is 6.18 Å². The Morgan fingerprint density at radius 3 is 2.66 bits per heavy atom. The van der Waals surface area contributed by atoms with Crippen molar-refractivity contribution in [3.63, 3.8) is 0 Å². The van der Waals surface area contributed by atoms with Crippen LogP contribution in [0.15, 0.2) is 30.3 Å². The number of carbonyl (C=O) groups is 1. The van der Waals surface area contributed by atoms with E-state index in [0.29, 0.717) is 5.06 Å². The lowest BCUT2D eigenvalue weighted by Gasteiger charge is -2.12. The van der Waals surface area contributed by atoms with Gasteiger partial charge in [0.05, 0.1) is 11.1 Å². The molecule has 32 heavy (non-hydrogen) atoms. The average molecular weight is 466 g/mol. The molecule has 1 fully saturated rings. The first-order valence-corrected chi connectivity index (χ1v) is 10.8. The van der Waals surface area contributed by atoms with Crippen molar-refractivity contribution in [2.45, 2.75) is 25.6 Å². The van der Waals surface area contributed by atoms with Crippen molar-refractivity contribution in [3.05, 3.63) is 46.5 Å². The number of hydrogen-bond donors (Lipinski definition) is 3. The first-order chi connectivity index (χ1) is 15.1. The molecule has 2 aromatic heterocycles. The van der Waals surface area contributed by atoms with Gasteiger partial charge in [0.2, 0.25) is 0 Å². The molecule has 4 N–H and O–H groups in total. The van der Waals surface area contributed by atoms with Crippen molar-refractivity contribution in [1.82, 2.24) is 14.8 Å². The molecule has 1 amide bonds. The Balaban J connectivity index is 1.64. The second-order valence-corrected chi connectivity index (χ2v) is 8.80. The largest absolute Gasteiger partial charge is 0.447 e. The maximum Gasteiger partial charge on any atom is 0.417 e. The fourth-order valence-corrected chi connectivity index (χ4v) is 4.60. The van der Waals surface area contributed by atoms with Crippen LogP contribution >= 0.6 is 11.3 Å². The van der Waals surface area contributed by atoms with Gasteiger partial charge in [-0.3, -0.25) is 20.0 Å². The van der Waals surface area contributed by atoms with Gasteiger partial charge in [-0.25, -0.2) is 0 Å². The van der Waals surface area contributed by atoms with E-state index in [9.17, 15) is 18.0 Å². The smallest absolute Gasteiger partial charge is 0.417 e. The van der Waals surface area contributed by atoms with Gasteiger partial charge in [-0.1, -0.05) is 0 Å². The summed E-state index contributed by atoms with van der Waals surface area (Å²) in [5.74, 6) is -1.22. The maximum atomic E-state index is 13.7. The highest BCUT2D eigenvalue weighted by Crippen LogP contribution is 2.40. The number of rotatable bonds is 5. The number of carbonyl (C=O) groups excluding carboxylic acids is 1.